The minimum Gasteiger partial charge on any atom is -0.387 e. The van der Waals surface area contributed by atoms with Crippen LogP contribution >= 0.6 is 0 Å². The van der Waals surface area contributed by atoms with Crippen molar-refractivity contribution >= 4 is 11.6 Å². The van der Waals surface area contributed by atoms with Crippen LogP contribution in [0.15, 0.2) is 47.5 Å². The van der Waals surface area contributed by atoms with Crippen LogP contribution in [0.3, 0.4) is 0 Å². The van der Waals surface area contributed by atoms with E-state index in [1.807, 2.05) is 71.6 Å². The van der Waals surface area contributed by atoms with Gasteiger partial charge in [0, 0.05) is 63.4 Å². The Balaban J connectivity index is 1.47. The molecular weight excluding hydrogens is 390 g/mol. The molecule has 3 aromatic rings. The van der Waals surface area contributed by atoms with Crippen molar-refractivity contribution in [2.75, 3.05) is 25.5 Å². The van der Waals surface area contributed by atoms with Gasteiger partial charge in [-0.15, -0.1) is 0 Å². The molecule has 2 aliphatic rings. The molecule has 1 amide bonds. The number of piperidine rings is 1. The number of likely N-dealkylation sites (tertiary alicyclic amines) is 1. The van der Waals surface area contributed by atoms with Crippen LogP contribution in [0.4, 0.5) is 5.69 Å². The summed E-state index contributed by atoms with van der Waals surface area (Å²) in [6.45, 7) is 3.95. The number of nitrogens with zero attached hydrogens (tertiary/aromatic N) is 4. The highest BCUT2D eigenvalue weighted by Gasteiger charge is 2.37. The first-order chi connectivity index (χ1) is 15.0. The summed E-state index contributed by atoms with van der Waals surface area (Å²) in [5.74, 6) is 1.19. The number of carbonyl (C=O) groups excluding carboxylic acids is 1. The van der Waals surface area contributed by atoms with Gasteiger partial charge in [0.05, 0.1) is 11.1 Å². The lowest BCUT2D eigenvalue weighted by Crippen LogP contribution is -2.49. The Morgan fingerprint density at radius 2 is 2.00 bits per heavy atom. The number of pyridine rings is 1. The van der Waals surface area contributed by atoms with Crippen molar-refractivity contribution in [3.05, 3.63) is 69.9 Å². The highest BCUT2D eigenvalue weighted by Crippen LogP contribution is 2.36. The van der Waals surface area contributed by atoms with Gasteiger partial charge in [0.2, 0.25) is 0 Å². The Bertz CT molecular complexity index is 1220. The van der Waals surface area contributed by atoms with Crippen molar-refractivity contribution in [1.29, 1.82) is 0 Å². The van der Waals surface area contributed by atoms with Gasteiger partial charge >= 0.3 is 0 Å². The summed E-state index contributed by atoms with van der Waals surface area (Å²) in [7, 11) is 3.74. The SMILES string of the molecule is CNc1ccc(C)cc1C(=O)N1C[C@@H]2C[C@H](C1)c1ccc(-c3nccn3C)c(=O)n1C2. The molecule has 160 valence electrons. The highest BCUT2D eigenvalue weighted by molar-refractivity contribution is 6.00. The normalized spacial score (nSPS) is 19.8. The van der Waals surface area contributed by atoms with Gasteiger partial charge in [-0.3, -0.25) is 9.59 Å². The fraction of sp³-hybridized carbons (Fsp3) is 0.375. The van der Waals surface area contributed by atoms with Crippen LogP contribution in [0.2, 0.25) is 0 Å². The lowest BCUT2D eigenvalue weighted by atomic mass is 9.82. The number of aryl methyl sites for hydroxylation is 2. The van der Waals surface area contributed by atoms with Gasteiger partial charge in [-0.25, -0.2) is 4.98 Å². The Labute approximate surface area is 181 Å². The quantitative estimate of drug-likeness (QED) is 0.711. The molecule has 0 unspecified atom stereocenters. The lowest BCUT2D eigenvalue weighted by molar-refractivity contribution is 0.0595. The highest BCUT2D eigenvalue weighted by atomic mass is 16.2. The predicted molar refractivity (Wildman–Crippen MR) is 120 cm³/mol. The number of amides is 1. The fourth-order valence-electron chi connectivity index (χ4n) is 5.13. The third kappa shape index (κ3) is 3.24. The van der Waals surface area contributed by atoms with Gasteiger partial charge in [0.15, 0.2) is 0 Å². The van der Waals surface area contributed by atoms with Crippen molar-refractivity contribution < 1.29 is 4.79 Å². The molecule has 0 spiro atoms. The monoisotopic (exact) mass is 417 g/mol. The van der Waals surface area contributed by atoms with Crippen molar-refractivity contribution in [3.63, 3.8) is 0 Å². The van der Waals surface area contributed by atoms with Crippen LogP contribution in [0.1, 0.15) is 34.0 Å². The minimum absolute atomic E-state index is 0.0115. The second-order valence-corrected chi connectivity index (χ2v) is 8.76. The van der Waals surface area contributed by atoms with E-state index in [4.69, 9.17) is 0 Å². The molecule has 2 atom stereocenters. The standard InChI is InChI=1S/C24H27N5O2/c1-15-4-6-20(25-2)19(10-15)23(30)28-12-16-11-17(14-28)21-7-5-18(24(31)29(21)13-16)22-26-8-9-27(22)3/h4-10,16-17,25H,11-14H2,1-3H3/t16-,17+/m0/s1. The third-order valence-corrected chi connectivity index (χ3v) is 6.63. The molecular formula is C24H27N5O2. The van der Waals surface area contributed by atoms with Gasteiger partial charge in [-0.05, 0) is 43.5 Å². The first kappa shape index (κ1) is 19.6. The molecule has 0 saturated carbocycles. The van der Waals surface area contributed by atoms with Gasteiger partial charge in [-0.2, -0.15) is 0 Å². The average Bonchev–Trinajstić information content (AvgIpc) is 3.19. The van der Waals surface area contributed by atoms with E-state index in [1.54, 1.807) is 6.20 Å². The summed E-state index contributed by atoms with van der Waals surface area (Å²) in [6.07, 6.45) is 4.57. The van der Waals surface area contributed by atoms with E-state index in [2.05, 4.69) is 10.3 Å². The second kappa shape index (κ2) is 7.41. The molecule has 2 aromatic heterocycles. The maximum atomic E-state index is 13.4. The zero-order chi connectivity index (χ0) is 21.7. The lowest BCUT2D eigenvalue weighted by Gasteiger charge is -2.43. The number of aromatic nitrogens is 3. The number of anilines is 1. The van der Waals surface area contributed by atoms with Crippen LogP contribution < -0.4 is 10.9 Å². The van der Waals surface area contributed by atoms with Gasteiger partial charge in [0.25, 0.3) is 11.5 Å². The van der Waals surface area contributed by atoms with Crippen molar-refractivity contribution in [1.82, 2.24) is 19.0 Å². The van der Waals surface area contributed by atoms with E-state index < -0.39 is 0 Å². The zero-order valence-corrected chi connectivity index (χ0v) is 18.1. The molecule has 2 aliphatic heterocycles. The van der Waals surface area contributed by atoms with E-state index in [9.17, 15) is 9.59 Å². The van der Waals surface area contributed by atoms with Crippen LogP contribution in [0.5, 0.6) is 0 Å². The van der Waals surface area contributed by atoms with Crippen LogP contribution in [-0.4, -0.2) is 45.1 Å². The molecule has 4 heterocycles. The van der Waals surface area contributed by atoms with Crippen molar-refractivity contribution in [3.8, 4) is 11.4 Å². The molecule has 0 aliphatic carbocycles. The number of benzene rings is 1. The Hall–Kier alpha value is -3.35. The molecule has 31 heavy (non-hydrogen) atoms. The van der Waals surface area contributed by atoms with E-state index in [-0.39, 0.29) is 23.3 Å². The predicted octanol–water partition coefficient (Wildman–Crippen LogP) is 2.86. The van der Waals surface area contributed by atoms with Crippen molar-refractivity contribution in [2.24, 2.45) is 13.0 Å². The second-order valence-electron chi connectivity index (χ2n) is 8.76. The number of hydrogen-bond acceptors (Lipinski definition) is 4. The van der Waals surface area contributed by atoms with Crippen LogP contribution in [0, 0.1) is 12.8 Å². The summed E-state index contributed by atoms with van der Waals surface area (Å²) in [4.78, 5) is 33.0. The molecule has 1 fully saturated rings. The molecule has 1 N–H and O–H groups in total. The van der Waals surface area contributed by atoms with E-state index >= 15 is 0 Å². The number of imidazole rings is 1. The first-order valence-corrected chi connectivity index (χ1v) is 10.8. The fourth-order valence-corrected chi connectivity index (χ4v) is 5.13. The van der Waals surface area contributed by atoms with Crippen LogP contribution in [0.25, 0.3) is 11.4 Å². The number of nitrogens with one attached hydrogen (secondary N) is 1. The third-order valence-electron chi connectivity index (χ3n) is 6.63. The zero-order valence-electron chi connectivity index (χ0n) is 18.1. The molecule has 7 nitrogen and oxygen atoms in total. The molecule has 2 bridgehead atoms. The Morgan fingerprint density at radius 3 is 2.74 bits per heavy atom. The maximum Gasteiger partial charge on any atom is 0.261 e. The first-order valence-electron chi connectivity index (χ1n) is 10.8. The van der Waals surface area contributed by atoms with Gasteiger partial charge < -0.3 is 19.4 Å². The van der Waals surface area contributed by atoms with E-state index in [0.29, 0.717) is 36.6 Å². The number of hydrogen-bond donors (Lipinski definition) is 1. The topological polar surface area (TPSA) is 72.2 Å². The summed E-state index contributed by atoms with van der Waals surface area (Å²) in [5.41, 5.74) is 4.29. The summed E-state index contributed by atoms with van der Waals surface area (Å²) < 4.78 is 3.78. The molecule has 5 rings (SSSR count). The number of fused-ring (bicyclic) bond motifs is 4. The van der Waals surface area contributed by atoms with Gasteiger partial charge in [-0.1, -0.05) is 11.6 Å². The minimum atomic E-state index is 0.0115. The molecule has 7 heteroatoms. The number of rotatable bonds is 3. The van der Waals surface area contributed by atoms with Crippen molar-refractivity contribution in [2.45, 2.75) is 25.8 Å². The van der Waals surface area contributed by atoms with E-state index in [1.165, 1.54) is 0 Å². The largest absolute Gasteiger partial charge is 0.387 e. The maximum absolute atomic E-state index is 13.4. The molecule has 1 aromatic carbocycles. The summed E-state index contributed by atoms with van der Waals surface area (Å²) in [6, 6.07) is 9.86. The van der Waals surface area contributed by atoms with Gasteiger partial charge in [0.1, 0.15) is 5.82 Å². The Morgan fingerprint density at radius 1 is 1.16 bits per heavy atom. The molecule has 1 saturated heterocycles. The van der Waals surface area contributed by atoms with E-state index in [0.717, 1.165) is 23.4 Å². The number of carbonyl (C=O) groups is 1. The van der Waals surface area contributed by atoms with Crippen LogP contribution in [-0.2, 0) is 13.6 Å². The molecule has 0 radical (unpaired) electrons. The smallest absolute Gasteiger partial charge is 0.261 e. The summed E-state index contributed by atoms with van der Waals surface area (Å²) >= 11 is 0. The Kier molecular flexibility index (Phi) is 4.68. The summed E-state index contributed by atoms with van der Waals surface area (Å²) in [5, 5.41) is 3.14. The average molecular weight is 418 g/mol.